The maximum atomic E-state index is 5.37. The van der Waals surface area contributed by atoms with Crippen molar-refractivity contribution >= 4 is 15.9 Å². The Morgan fingerprint density at radius 3 is 2.69 bits per heavy atom. The molecule has 0 spiro atoms. The molecule has 16 heavy (non-hydrogen) atoms. The number of hydrogen-bond acceptors (Lipinski definition) is 3. The molecule has 0 atom stereocenters. The number of hydrogen-bond donors (Lipinski definition) is 0. The van der Waals surface area contributed by atoms with Crippen molar-refractivity contribution in [2.45, 2.75) is 13.0 Å². The third-order valence-corrected chi connectivity index (χ3v) is 3.83. The zero-order chi connectivity index (χ0) is 11.7. The van der Waals surface area contributed by atoms with Crippen molar-refractivity contribution in [1.29, 1.82) is 0 Å². The van der Waals surface area contributed by atoms with Gasteiger partial charge in [-0.15, -0.1) is 0 Å². The van der Waals surface area contributed by atoms with Crippen molar-refractivity contribution in [3.63, 3.8) is 0 Å². The highest BCUT2D eigenvalue weighted by Crippen LogP contribution is 2.41. The summed E-state index contributed by atoms with van der Waals surface area (Å²) in [6, 6.07) is 2.08. The topological polar surface area (TPSA) is 21.7 Å². The van der Waals surface area contributed by atoms with E-state index in [2.05, 4.69) is 33.9 Å². The van der Waals surface area contributed by atoms with E-state index < -0.39 is 0 Å². The standard InChI is InChI=1S/C12H16BrNO2/c1-14-5-4-9-8(7-14)6-10(15-2)12(16-3)11(9)13/h6H,4-5,7H2,1-3H3. The van der Waals surface area contributed by atoms with Gasteiger partial charge >= 0.3 is 0 Å². The third-order valence-electron chi connectivity index (χ3n) is 2.99. The molecule has 1 aliphatic rings. The average Bonchev–Trinajstić information content (AvgIpc) is 2.28. The Balaban J connectivity index is 2.53. The molecule has 0 radical (unpaired) electrons. The number of rotatable bonds is 2. The van der Waals surface area contributed by atoms with Crippen molar-refractivity contribution in [2.75, 3.05) is 27.8 Å². The molecule has 4 heteroatoms. The van der Waals surface area contributed by atoms with Gasteiger partial charge in [0.1, 0.15) is 0 Å². The van der Waals surface area contributed by atoms with Crippen LogP contribution < -0.4 is 9.47 Å². The van der Waals surface area contributed by atoms with Crippen molar-refractivity contribution < 1.29 is 9.47 Å². The fourth-order valence-electron chi connectivity index (χ4n) is 2.12. The molecule has 0 unspecified atom stereocenters. The Kier molecular flexibility index (Phi) is 3.40. The molecule has 0 aliphatic carbocycles. The van der Waals surface area contributed by atoms with E-state index in [1.807, 2.05) is 0 Å². The van der Waals surface area contributed by atoms with Crippen molar-refractivity contribution in [2.24, 2.45) is 0 Å². The van der Waals surface area contributed by atoms with Gasteiger partial charge in [0.15, 0.2) is 11.5 Å². The normalized spacial score (nSPS) is 15.8. The number of halogens is 1. The minimum atomic E-state index is 0.795. The Morgan fingerprint density at radius 2 is 2.06 bits per heavy atom. The summed E-state index contributed by atoms with van der Waals surface area (Å²) in [4.78, 5) is 2.31. The van der Waals surface area contributed by atoms with E-state index in [-0.39, 0.29) is 0 Å². The maximum Gasteiger partial charge on any atom is 0.175 e. The van der Waals surface area contributed by atoms with Crippen LogP contribution in [0.1, 0.15) is 11.1 Å². The number of benzene rings is 1. The summed E-state index contributed by atoms with van der Waals surface area (Å²) in [6.07, 6.45) is 1.05. The molecule has 1 aliphatic heterocycles. The van der Waals surface area contributed by atoms with Gasteiger partial charge in [0, 0.05) is 13.1 Å². The predicted octanol–water partition coefficient (Wildman–Crippen LogP) is 2.45. The molecule has 88 valence electrons. The SMILES string of the molecule is COc1cc2c(c(Br)c1OC)CCN(C)C2. The van der Waals surface area contributed by atoms with Crippen molar-refractivity contribution in [3.8, 4) is 11.5 Å². The second kappa shape index (κ2) is 4.63. The lowest BCUT2D eigenvalue weighted by atomic mass is 9.99. The molecule has 0 amide bonds. The van der Waals surface area contributed by atoms with Crippen LogP contribution in [0, 0.1) is 0 Å². The average molecular weight is 286 g/mol. The Morgan fingerprint density at radius 1 is 1.31 bits per heavy atom. The van der Waals surface area contributed by atoms with Crippen LogP contribution in [-0.2, 0) is 13.0 Å². The van der Waals surface area contributed by atoms with Gasteiger partial charge in [-0.2, -0.15) is 0 Å². The van der Waals surface area contributed by atoms with Crippen molar-refractivity contribution in [1.82, 2.24) is 4.90 Å². The molecule has 0 bridgehead atoms. The molecule has 3 nitrogen and oxygen atoms in total. The van der Waals surface area contributed by atoms with Crippen LogP contribution in [-0.4, -0.2) is 32.7 Å². The van der Waals surface area contributed by atoms with Crippen molar-refractivity contribution in [3.05, 3.63) is 21.7 Å². The summed E-state index contributed by atoms with van der Waals surface area (Å²) in [5, 5.41) is 0. The molecule has 1 aromatic carbocycles. The van der Waals surface area contributed by atoms with E-state index >= 15 is 0 Å². The molecule has 0 aromatic heterocycles. The van der Waals surface area contributed by atoms with E-state index in [1.165, 1.54) is 11.1 Å². The van der Waals surface area contributed by atoms with Gasteiger partial charge in [-0.1, -0.05) is 0 Å². The highest BCUT2D eigenvalue weighted by molar-refractivity contribution is 9.10. The van der Waals surface area contributed by atoms with Gasteiger partial charge < -0.3 is 14.4 Å². The van der Waals surface area contributed by atoms with Crippen LogP contribution in [0.4, 0.5) is 0 Å². The summed E-state index contributed by atoms with van der Waals surface area (Å²) in [7, 11) is 5.47. The minimum Gasteiger partial charge on any atom is -0.493 e. The van der Waals surface area contributed by atoms with Gasteiger partial charge in [-0.25, -0.2) is 0 Å². The first-order chi connectivity index (χ1) is 7.67. The molecule has 0 saturated carbocycles. The second-order valence-electron chi connectivity index (χ2n) is 4.05. The van der Waals surface area contributed by atoms with Gasteiger partial charge in [0.2, 0.25) is 0 Å². The van der Waals surface area contributed by atoms with Gasteiger partial charge in [-0.05, 0) is 46.6 Å². The predicted molar refractivity (Wildman–Crippen MR) is 67.3 cm³/mol. The van der Waals surface area contributed by atoms with Crippen LogP contribution >= 0.6 is 15.9 Å². The molecular weight excluding hydrogens is 270 g/mol. The van der Waals surface area contributed by atoms with Crippen LogP contribution in [0.5, 0.6) is 11.5 Å². The minimum absolute atomic E-state index is 0.795. The Labute approximate surface area is 104 Å². The largest absolute Gasteiger partial charge is 0.493 e. The zero-order valence-electron chi connectivity index (χ0n) is 9.84. The first kappa shape index (κ1) is 11.7. The quantitative estimate of drug-likeness (QED) is 0.833. The fraction of sp³-hybridized carbons (Fsp3) is 0.500. The summed E-state index contributed by atoms with van der Waals surface area (Å²) < 4.78 is 11.8. The maximum absolute atomic E-state index is 5.37. The Hall–Kier alpha value is -0.740. The number of fused-ring (bicyclic) bond motifs is 1. The van der Waals surface area contributed by atoms with E-state index in [1.54, 1.807) is 14.2 Å². The first-order valence-corrected chi connectivity index (χ1v) is 6.07. The fourth-order valence-corrected chi connectivity index (χ4v) is 2.93. The lowest BCUT2D eigenvalue weighted by Crippen LogP contribution is -2.26. The molecular formula is C12H16BrNO2. The monoisotopic (exact) mass is 285 g/mol. The van der Waals surface area contributed by atoms with Gasteiger partial charge in [0.25, 0.3) is 0 Å². The molecule has 1 heterocycles. The lowest BCUT2D eigenvalue weighted by Gasteiger charge is -2.27. The van der Waals surface area contributed by atoms with E-state index in [0.29, 0.717) is 0 Å². The summed E-state index contributed by atoms with van der Waals surface area (Å²) in [5.74, 6) is 1.59. The summed E-state index contributed by atoms with van der Waals surface area (Å²) in [6.45, 7) is 2.05. The number of methoxy groups -OCH3 is 2. The number of likely N-dealkylation sites (N-methyl/N-ethyl adjacent to an activating group) is 1. The Bertz CT molecular complexity index is 406. The second-order valence-corrected chi connectivity index (χ2v) is 4.84. The van der Waals surface area contributed by atoms with Crippen LogP contribution in [0.15, 0.2) is 10.5 Å². The summed E-state index contributed by atoms with van der Waals surface area (Å²) in [5.41, 5.74) is 2.66. The lowest BCUT2D eigenvalue weighted by molar-refractivity contribution is 0.307. The molecule has 0 saturated heterocycles. The van der Waals surface area contributed by atoms with E-state index in [9.17, 15) is 0 Å². The molecule has 2 rings (SSSR count). The first-order valence-electron chi connectivity index (χ1n) is 5.28. The zero-order valence-corrected chi connectivity index (χ0v) is 11.4. The van der Waals surface area contributed by atoms with Gasteiger partial charge in [0.05, 0.1) is 18.7 Å². The van der Waals surface area contributed by atoms with E-state index in [0.717, 1.165) is 35.5 Å². The molecule has 0 fully saturated rings. The third kappa shape index (κ3) is 1.92. The van der Waals surface area contributed by atoms with Gasteiger partial charge in [-0.3, -0.25) is 0 Å². The number of ether oxygens (including phenoxy) is 2. The smallest absolute Gasteiger partial charge is 0.175 e. The van der Waals surface area contributed by atoms with Crippen LogP contribution in [0.25, 0.3) is 0 Å². The molecule has 0 N–H and O–H groups in total. The summed E-state index contributed by atoms with van der Waals surface area (Å²) >= 11 is 3.62. The number of nitrogens with zero attached hydrogens (tertiary/aromatic N) is 1. The van der Waals surface area contributed by atoms with Crippen LogP contribution in [0.2, 0.25) is 0 Å². The highest BCUT2D eigenvalue weighted by atomic mass is 79.9. The van der Waals surface area contributed by atoms with E-state index in [4.69, 9.17) is 9.47 Å². The molecule has 1 aromatic rings. The van der Waals surface area contributed by atoms with Crippen LogP contribution in [0.3, 0.4) is 0 Å². The highest BCUT2D eigenvalue weighted by Gasteiger charge is 2.21.